The van der Waals surface area contributed by atoms with Gasteiger partial charge in [-0.1, -0.05) is 57.3 Å². The van der Waals surface area contributed by atoms with E-state index < -0.39 is 0 Å². The van der Waals surface area contributed by atoms with Crippen molar-refractivity contribution >= 4 is 11.6 Å². The third-order valence-corrected chi connectivity index (χ3v) is 3.73. The molecule has 0 saturated carbocycles. The van der Waals surface area contributed by atoms with Gasteiger partial charge in [-0.2, -0.15) is 0 Å². The average molecular weight is 268 g/mol. The molecule has 1 aromatic carbocycles. The lowest BCUT2D eigenvalue weighted by Crippen LogP contribution is -2.21. The molecule has 0 aliphatic rings. The number of benzene rings is 1. The van der Waals surface area contributed by atoms with Crippen LogP contribution in [0, 0.1) is 12.8 Å². The van der Waals surface area contributed by atoms with E-state index in [4.69, 9.17) is 11.6 Å². The first-order chi connectivity index (χ1) is 8.54. The predicted molar refractivity (Wildman–Crippen MR) is 81.3 cm³/mol. The van der Waals surface area contributed by atoms with Crippen LogP contribution in [0.25, 0.3) is 0 Å². The highest BCUT2D eigenvalue weighted by Gasteiger charge is 2.11. The summed E-state index contributed by atoms with van der Waals surface area (Å²) in [6.07, 6.45) is 3.78. The van der Waals surface area contributed by atoms with Gasteiger partial charge in [0.05, 0.1) is 0 Å². The van der Waals surface area contributed by atoms with Crippen LogP contribution in [-0.2, 0) is 0 Å². The summed E-state index contributed by atoms with van der Waals surface area (Å²) in [6, 6.07) is 6.84. The van der Waals surface area contributed by atoms with Crippen molar-refractivity contribution in [1.29, 1.82) is 0 Å². The molecule has 0 fully saturated rings. The molecule has 1 nitrogen and oxygen atoms in total. The molecule has 1 aromatic rings. The third-order valence-electron chi connectivity index (χ3n) is 3.31. The highest BCUT2D eigenvalue weighted by molar-refractivity contribution is 6.31. The lowest BCUT2D eigenvalue weighted by Gasteiger charge is -2.19. The van der Waals surface area contributed by atoms with E-state index in [0.29, 0.717) is 6.04 Å². The van der Waals surface area contributed by atoms with Crippen molar-refractivity contribution in [3.63, 3.8) is 0 Å². The fourth-order valence-electron chi connectivity index (χ4n) is 2.25. The van der Waals surface area contributed by atoms with Crippen LogP contribution < -0.4 is 5.32 Å². The minimum Gasteiger partial charge on any atom is -0.310 e. The first-order valence-corrected chi connectivity index (χ1v) is 7.41. The number of hydrogen-bond donors (Lipinski definition) is 1. The molecule has 0 amide bonds. The van der Waals surface area contributed by atoms with Crippen molar-refractivity contribution in [1.82, 2.24) is 5.32 Å². The Labute approximate surface area is 117 Å². The maximum Gasteiger partial charge on any atom is 0.0435 e. The molecule has 0 heterocycles. The summed E-state index contributed by atoms with van der Waals surface area (Å²) in [5.74, 6) is 0.791. The van der Waals surface area contributed by atoms with Gasteiger partial charge in [-0.05, 0) is 43.0 Å². The molecule has 1 rings (SSSR count). The molecule has 1 N–H and O–H groups in total. The molecule has 0 spiro atoms. The summed E-state index contributed by atoms with van der Waals surface area (Å²) in [6.45, 7) is 9.82. The summed E-state index contributed by atoms with van der Waals surface area (Å²) in [7, 11) is 0. The van der Waals surface area contributed by atoms with E-state index >= 15 is 0 Å². The van der Waals surface area contributed by atoms with E-state index in [0.717, 1.165) is 17.5 Å². The van der Waals surface area contributed by atoms with Gasteiger partial charge >= 0.3 is 0 Å². The van der Waals surface area contributed by atoms with Crippen LogP contribution in [0.15, 0.2) is 18.2 Å². The number of halogens is 1. The summed E-state index contributed by atoms with van der Waals surface area (Å²) >= 11 is 6.09. The molecular weight excluding hydrogens is 242 g/mol. The zero-order chi connectivity index (χ0) is 13.5. The summed E-state index contributed by atoms with van der Waals surface area (Å²) in [5, 5.41) is 4.43. The molecule has 1 atom stereocenters. The SMILES string of the molecule is CCNC(CCCC(C)C)c1ccc(Cl)c(C)c1. The normalized spacial score (nSPS) is 13.0. The van der Waals surface area contributed by atoms with Gasteiger partial charge in [-0.25, -0.2) is 0 Å². The molecule has 0 radical (unpaired) electrons. The van der Waals surface area contributed by atoms with Crippen molar-refractivity contribution < 1.29 is 0 Å². The Kier molecular flexibility index (Phi) is 6.73. The summed E-state index contributed by atoms with van der Waals surface area (Å²) < 4.78 is 0. The first kappa shape index (κ1) is 15.5. The van der Waals surface area contributed by atoms with Crippen LogP contribution in [0.3, 0.4) is 0 Å². The molecule has 0 aliphatic heterocycles. The Morgan fingerprint density at radius 2 is 1.94 bits per heavy atom. The van der Waals surface area contributed by atoms with E-state index in [2.05, 4.69) is 45.1 Å². The average Bonchev–Trinajstić information content (AvgIpc) is 2.31. The van der Waals surface area contributed by atoms with Gasteiger partial charge in [-0.15, -0.1) is 0 Å². The second kappa shape index (κ2) is 7.81. The van der Waals surface area contributed by atoms with Gasteiger partial charge < -0.3 is 5.32 Å². The third kappa shape index (κ3) is 4.99. The molecule has 0 bridgehead atoms. The zero-order valence-electron chi connectivity index (χ0n) is 12.1. The van der Waals surface area contributed by atoms with Crippen molar-refractivity contribution in [3.8, 4) is 0 Å². The molecule has 2 heteroatoms. The highest BCUT2D eigenvalue weighted by atomic mass is 35.5. The lowest BCUT2D eigenvalue weighted by molar-refractivity contribution is 0.455. The number of rotatable bonds is 7. The Morgan fingerprint density at radius 3 is 2.50 bits per heavy atom. The van der Waals surface area contributed by atoms with Gasteiger partial charge in [0.2, 0.25) is 0 Å². The van der Waals surface area contributed by atoms with Crippen molar-refractivity contribution in [2.24, 2.45) is 5.92 Å². The van der Waals surface area contributed by atoms with Gasteiger partial charge in [0.15, 0.2) is 0 Å². The smallest absolute Gasteiger partial charge is 0.0435 e. The fourth-order valence-corrected chi connectivity index (χ4v) is 2.37. The lowest BCUT2D eigenvalue weighted by atomic mass is 9.97. The number of nitrogens with one attached hydrogen (secondary N) is 1. The van der Waals surface area contributed by atoms with Crippen molar-refractivity contribution in [3.05, 3.63) is 34.3 Å². The maximum atomic E-state index is 6.09. The Balaban J connectivity index is 2.67. The van der Waals surface area contributed by atoms with E-state index in [9.17, 15) is 0 Å². The second-order valence-electron chi connectivity index (χ2n) is 5.44. The Morgan fingerprint density at radius 1 is 1.22 bits per heavy atom. The molecule has 0 saturated heterocycles. The largest absolute Gasteiger partial charge is 0.310 e. The minimum absolute atomic E-state index is 0.463. The fraction of sp³-hybridized carbons (Fsp3) is 0.625. The van der Waals surface area contributed by atoms with Crippen LogP contribution in [0.1, 0.15) is 57.2 Å². The molecule has 0 aliphatic carbocycles. The van der Waals surface area contributed by atoms with Crippen LogP contribution in [-0.4, -0.2) is 6.54 Å². The first-order valence-electron chi connectivity index (χ1n) is 7.04. The van der Waals surface area contributed by atoms with E-state index in [-0.39, 0.29) is 0 Å². The van der Waals surface area contributed by atoms with E-state index in [1.165, 1.54) is 30.4 Å². The van der Waals surface area contributed by atoms with E-state index in [1.54, 1.807) is 0 Å². The molecule has 0 aromatic heterocycles. The van der Waals surface area contributed by atoms with Gasteiger partial charge in [0.1, 0.15) is 0 Å². The molecule has 102 valence electrons. The second-order valence-corrected chi connectivity index (χ2v) is 5.85. The number of hydrogen-bond acceptors (Lipinski definition) is 1. The van der Waals surface area contributed by atoms with Crippen LogP contribution in [0.5, 0.6) is 0 Å². The Hall–Kier alpha value is -0.530. The van der Waals surface area contributed by atoms with Crippen LogP contribution in [0.4, 0.5) is 0 Å². The quantitative estimate of drug-likeness (QED) is 0.723. The van der Waals surface area contributed by atoms with Gasteiger partial charge in [0, 0.05) is 11.1 Å². The molecular formula is C16H26ClN. The highest BCUT2D eigenvalue weighted by Crippen LogP contribution is 2.24. The Bertz CT molecular complexity index is 360. The predicted octanol–water partition coefficient (Wildman–Crippen LogP) is 5.13. The number of aryl methyl sites for hydroxylation is 1. The van der Waals surface area contributed by atoms with E-state index in [1.807, 2.05) is 6.07 Å². The van der Waals surface area contributed by atoms with Crippen LogP contribution in [0.2, 0.25) is 5.02 Å². The summed E-state index contributed by atoms with van der Waals surface area (Å²) in [5.41, 5.74) is 2.53. The molecule has 1 unspecified atom stereocenters. The maximum absolute atomic E-state index is 6.09. The topological polar surface area (TPSA) is 12.0 Å². The monoisotopic (exact) mass is 267 g/mol. The van der Waals surface area contributed by atoms with Gasteiger partial charge in [0.25, 0.3) is 0 Å². The minimum atomic E-state index is 0.463. The van der Waals surface area contributed by atoms with Gasteiger partial charge in [-0.3, -0.25) is 0 Å². The molecule has 18 heavy (non-hydrogen) atoms. The van der Waals surface area contributed by atoms with Crippen molar-refractivity contribution in [2.75, 3.05) is 6.54 Å². The van der Waals surface area contributed by atoms with Crippen molar-refractivity contribution in [2.45, 2.75) is 53.0 Å². The summed E-state index contributed by atoms with van der Waals surface area (Å²) in [4.78, 5) is 0. The van der Waals surface area contributed by atoms with Crippen LogP contribution >= 0.6 is 11.6 Å². The standard InChI is InChI=1S/C16H26ClN/c1-5-18-16(8-6-7-12(2)3)14-9-10-15(17)13(4)11-14/h9-12,16,18H,5-8H2,1-4H3. The zero-order valence-corrected chi connectivity index (χ0v) is 12.8.